The fraction of sp³-hybridized carbons (Fsp3) is 0.594. The average Bonchev–Trinajstić information content (AvgIpc) is 3.54. The van der Waals surface area contributed by atoms with Gasteiger partial charge in [0.2, 0.25) is 17.7 Å². The van der Waals surface area contributed by atoms with Crippen LogP contribution in [0.1, 0.15) is 41.0 Å². The van der Waals surface area contributed by atoms with Gasteiger partial charge in [0.25, 0.3) is 0 Å². The van der Waals surface area contributed by atoms with Crippen LogP contribution in [0, 0.1) is 17.8 Å². The standard InChI is InChI=1S/C32H44BrN3O5S/c1-8-15-34(20(6)7)31(40)28-32-17-23(33)27(42-32)25(26(32)30(39)36(28)24(18-37)19(4)5)29(38)35(16-9-2)21-11-13-22(14-12-21)41-10-3/h8-9,11-14,19-20,23-28,37H,1-2,10,15-18H2,3-7H3/t23?,24-,25-,26-,27-,28?,32?/m0/s1. The first-order valence-electron chi connectivity index (χ1n) is 14.8. The Hall–Kier alpha value is -2.30. The van der Waals surface area contributed by atoms with Crippen LogP contribution in [-0.2, 0) is 14.4 Å². The molecule has 3 aliphatic rings. The molecule has 1 aromatic carbocycles. The van der Waals surface area contributed by atoms with Gasteiger partial charge in [-0.3, -0.25) is 14.4 Å². The number of hydrogen-bond acceptors (Lipinski definition) is 6. The third kappa shape index (κ3) is 5.43. The van der Waals surface area contributed by atoms with Gasteiger partial charge in [0, 0.05) is 34.9 Å². The Balaban J connectivity index is 1.81. The van der Waals surface area contributed by atoms with Gasteiger partial charge in [-0.1, -0.05) is 41.9 Å². The Bertz CT molecular complexity index is 1190. The maximum absolute atomic E-state index is 14.6. The van der Waals surface area contributed by atoms with Crippen molar-refractivity contribution in [2.75, 3.05) is 31.2 Å². The molecule has 3 aliphatic heterocycles. The van der Waals surface area contributed by atoms with Crippen LogP contribution in [0.4, 0.5) is 5.69 Å². The minimum absolute atomic E-state index is 0.0554. The van der Waals surface area contributed by atoms with E-state index in [0.717, 1.165) is 0 Å². The maximum atomic E-state index is 14.6. The number of nitrogens with zero attached hydrogens (tertiary/aromatic N) is 3. The second-order valence-electron chi connectivity index (χ2n) is 11.9. The number of ether oxygens (including phenoxy) is 1. The third-order valence-corrected chi connectivity index (χ3v) is 12.0. The van der Waals surface area contributed by atoms with Crippen molar-refractivity contribution in [3.05, 3.63) is 49.6 Å². The summed E-state index contributed by atoms with van der Waals surface area (Å²) < 4.78 is 4.79. The molecule has 3 amide bonds. The number of aliphatic hydroxyl groups excluding tert-OH is 1. The van der Waals surface area contributed by atoms with Gasteiger partial charge in [-0.2, -0.15) is 0 Å². The van der Waals surface area contributed by atoms with Crippen LogP contribution in [0.2, 0.25) is 0 Å². The molecular weight excluding hydrogens is 618 g/mol. The molecule has 3 unspecified atom stereocenters. The van der Waals surface area contributed by atoms with Gasteiger partial charge in [0.15, 0.2) is 0 Å². The minimum Gasteiger partial charge on any atom is -0.494 e. The van der Waals surface area contributed by atoms with Gasteiger partial charge < -0.3 is 24.5 Å². The van der Waals surface area contributed by atoms with Gasteiger partial charge >= 0.3 is 0 Å². The maximum Gasteiger partial charge on any atom is 0.247 e. The molecule has 1 N–H and O–H groups in total. The molecule has 1 spiro atoms. The number of rotatable bonds is 13. The van der Waals surface area contributed by atoms with E-state index in [1.54, 1.807) is 38.6 Å². The van der Waals surface area contributed by atoms with Crippen molar-refractivity contribution in [1.29, 1.82) is 0 Å². The van der Waals surface area contributed by atoms with E-state index in [2.05, 4.69) is 29.1 Å². The summed E-state index contributed by atoms with van der Waals surface area (Å²) in [6.45, 7) is 18.3. The molecule has 2 bridgehead atoms. The van der Waals surface area contributed by atoms with Gasteiger partial charge in [-0.25, -0.2) is 0 Å². The highest BCUT2D eigenvalue weighted by Gasteiger charge is 2.76. The molecule has 3 fully saturated rings. The second kappa shape index (κ2) is 13.1. The molecule has 3 saturated heterocycles. The van der Waals surface area contributed by atoms with Gasteiger partial charge in [0.1, 0.15) is 11.8 Å². The van der Waals surface area contributed by atoms with E-state index in [9.17, 15) is 19.5 Å². The normalized spacial score (nSPS) is 28.6. The van der Waals surface area contributed by atoms with E-state index < -0.39 is 28.7 Å². The summed E-state index contributed by atoms with van der Waals surface area (Å²) in [7, 11) is 0. The van der Waals surface area contributed by atoms with Gasteiger partial charge in [-0.05, 0) is 57.4 Å². The third-order valence-electron chi connectivity index (χ3n) is 8.83. The van der Waals surface area contributed by atoms with Crippen LogP contribution >= 0.6 is 27.7 Å². The monoisotopic (exact) mass is 661 g/mol. The van der Waals surface area contributed by atoms with Crippen LogP contribution in [0.3, 0.4) is 0 Å². The van der Waals surface area contributed by atoms with Crippen LogP contribution in [0.5, 0.6) is 5.75 Å². The quantitative estimate of drug-likeness (QED) is 0.247. The zero-order chi connectivity index (χ0) is 30.9. The summed E-state index contributed by atoms with van der Waals surface area (Å²) >= 11 is 5.46. The number of likely N-dealkylation sites (tertiary alicyclic amines) is 1. The summed E-state index contributed by atoms with van der Waals surface area (Å²) in [4.78, 5) is 48.6. The highest BCUT2D eigenvalue weighted by molar-refractivity contribution is 9.09. The fourth-order valence-electron chi connectivity index (χ4n) is 6.98. The number of halogens is 1. The summed E-state index contributed by atoms with van der Waals surface area (Å²) in [5.41, 5.74) is 0.693. The van der Waals surface area contributed by atoms with Crippen LogP contribution in [-0.4, -0.2) is 91.9 Å². The molecule has 10 heteroatoms. The van der Waals surface area contributed by atoms with E-state index >= 15 is 0 Å². The lowest BCUT2D eigenvalue weighted by molar-refractivity contribution is -0.147. The van der Waals surface area contributed by atoms with Crippen molar-refractivity contribution in [1.82, 2.24) is 9.80 Å². The number of fused-ring (bicyclic) bond motifs is 1. The predicted octanol–water partition coefficient (Wildman–Crippen LogP) is 4.51. The zero-order valence-corrected chi connectivity index (χ0v) is 27.6. The fourth-order valence-corrected chi connectivity index (χ4v) is 10.6. The number of alkyl halides is 1. The molecule has 0 aliphatic carbocycles. The second-order valence-corrected chi connectivity index (χ2v) is 14.7. The van der Waals surface area contributed by atoms with E-state index in [0.29, 0.717) is 31.0 Å². The van der Waals surface area contributed by atoms with Crippen LogP contribution in [0.25, 0.3) is 0 Å². The molecular formula is C32H44BrN3O5S. The molecule has 8 nitrogen and oxygen atoms in total. The number of thioether (sulfide) groups is 1. The minimum atomic E-state index is -0.803. The van der Waals surface area contributed by atoms with Gasteiger partial charge in [-0.15, -0.1) is 24.9 Å². The molecule has 0 radical (unpaired) electrons. The molecule has 3 heterocycles. The van der Waals surface area contributed by atoms with Gasteiger partial charge in [0.05, 0.1) is 35.8 Å². The summed E-state index contributed by atoms with van der Waals surface area (Å²) in [5.74, 6) is -1.26. The Morgan fingerprint density at radius 2 is 1.81 bits per heavy atom. The summed E-state index contributed by atoms with van der Waals surface area (Å²) in [6.07, 6.45) is 3.96. The Morgan fingerprint density at radius 3 is 2.33 bits per heavy atom. The molecule has 7 atom stereocenters. The molecule has 42 heavy (non-hydrogen) atoms. The Labute approximate surface area is 262 Å². The first-order valence-corrected chi connectivity index (χ1v) is 16.6. The molecule has 1 aromatic rings. The highest BCUT2D eigenvalue weighted by Crippen LogP contribution is 2.68. The first kappa shape index (κ1) is 32.6. The lowest BCUT2D eigenvalue weighted by atomic mass is 9.70. The Kier molecular flexibility index (Phi) is 10.2. The molecule has 0 aromatic heterocycles. The van der Waals surface area contributed by atoms with E-state index in [1.165, 1.54) is 0 Å². The Morgan fingerprint density at radius 1 is 1.17 bits per heavy atom. The highest BCUT2D eigenvalue weighted by atomic mass is 79.9. The van der Waals surface area contributed by atoms with Crippen molar-refractivity contribution in [2.24, 2.45) is 17.8 Å². The number of aliphatic hydroxyl groups is 1. The van der Waals surface area contributed by atoms with E-state index in [1.807, 2.05) is 58.9 Å². The van der Waals surface area contributed by atoms with Crippen molar-refractivity contribution < 1.29 is 24.2 Å². The SMILES string of the molecule is C=CCN(C(=O)[C@H]1[C@H]2C(=O)N([C@@H](CO)C(C)C)C(C(=O)N(CC=C)C(C)C)C23CC(Br)[C@@H]1S3)c1ccc(OCC)cc1. The summed E-state index contributed by atoms with van der Waals surface area (Å²) in [6, 6.07) is 5.89. The molecule has 230 valence electrons. The van der Waals surface area contributed by atoms with Crippen LogP contribution in [0.15, 0.2) is 49.6 Å². The number of amides is 3. The number of carbonyl (C=O) groups is 3. The van der Waals surface area contributed by atoms with E-state index in [4.69, 9.17) is 4.74 Å². The van der Waals surface area contributed by atoms with Crippen molar-refractivity contribution >= 4 is 51.1 Å². The molecule has 4 rings (SSSR count). The number of carbonyl (C=O) groups excluding carboxylic acids is 3. The molecule has 0 saturated carbocycles. The number of hydrogen-bond donors (Lipinski definition) is 1. The summed E-state index contributed by atoms with van der Waals surface area (Å²) in [5, 5.41) is 10.3. The lowest BCUT2D eigenvalue weighted by Crippen LogP contribution is -2.59. The zero-order valence-electron chi connectivity index (χ0n) is 25.2. The number of anilines is 1. The predicted molar refractivity (Wildman–Crippen MR) is 172 cm³/mol. The van der Waals surface area contributed by atoms with Crippen LogP contribution < -0.4 is 9.64 Å². The van der Waals surface area contributed by atoms with Crippen molar-refractivity contribution in [3.63, 3.8) is 0 Å². The smallest absolute Gasteiger partial charge is 0.247 e. The van der Waals surface area contributed by atoms with E-state index in [-0.39, 0.29) is 52.9 Å². The average molecular weight is 663 g/mol. The van der Waals surface area contributed by atoms with Crippen molar-refractivity contribution in [3.8, 4) is 5.75 Å². The van der Waals surface area contributed by atoms with Crippen molar-refractivity contribution in [2.45, 2.75) is 74.0 Å². The largest absolute Gasteiger partial charge is 0.494 e. The number of benzene rings is 1. The topological polar surface area (TPSA) is 90.4 Å². The first-order chi connectivity index (χ1) is 20.0. The lowest BCUT2D eigenvalue weighted by Gasteiger charge is -2.41.